The third-order valence-corrected chi connectivity index (χ3v) is 7.09. The monoisotopic (exact) mass is 494 g/mol. The first-order valence-electron chi connectivity index (χ1n) is 12.7. The maximum absolute atomic E-state index is 14.9. The fourth-order valence-corrected chi connectivity index (χ4v) is 5.11. The van der Waals surface area contributed by atoms with Gasteiger partial charge in [0.2, 0.25) is 0 Å². The van der Waals surface area contributed by atoms with E-state index in [-0.39, 0.29) is 17.3 Å². The number of aryl methyl sites for hydroxylation is 1. The highest BCUT2D eigenvalue weighted by molar-refractivity contribution is 5.65. The average Bonchev–Trinajstić information content (AvgIpc) is 2.90. The lowest BCUT2D eigenvalue weighted by Gasteiger charge is -2.29. The summed E-state index contributed by atoms with van der Waals surface area (Å²) in [5, 5.41) is 0. The molecule has 0 radical (unpaired) electrons. The topological polar surface area (TPSA) is 18.5 Å². The van der Waals surface area contributed by atoms with E-state index in [1.54, 1.807) is 42.5 Å². The van der Waals surface area contributed by atoms with Crippen LogP contribution in [0.4, 0.5) is 13.2 Å². The van der Waals surface area contributed by atoms with Gasteiger partial charge >= 0.3 is 0 Å². The fourth-order valence-electron chi connectivity index (χ4n) is 5.11. The quantitative estimate of drug-likeness (QED) is 0.263. The van der Waals surface area contributed by atoms with Crippen LogP contribution < -0.4 is 9.47 Å². The molecule has 0 aliphatic heterocycles. The van der Waals surface area contributed by atoms with Crippen molar-refractivity contribution in [2.75, 3.05) is 13.2 Å². The van der Waals surface area contributed by atoms with Gasteiger partial charge in [-0.1, -0.05) is 43.0 Å². The fraction of sp³-hybridized carbons (Fsp3) is 0.355. The molecule has 1 saturated carbocycles. The zero-order chi connectivity index (χ0) is 25.5. The smallest absolute Gasteiger partial charge is 0.166 e. The molecule has 1 aliphatic rings. The molecular weight excluding hydrogens is 461 g/mol. The first kappa shape index (κ1) is 25.9. The van der Waals surface area contributed by atoms with Crippen LogP contribution in [0.5, 0.6) is 11.5 Å². The number of hydrogen-bond donors (Lipinski definition) is 0. The number of halogens is 3. The van der Waals surface area contributed by atoms with E-state index in [0.717, 1.165) is 37.7 Å². The van der Waals surface area contributed by atoms with Crippen molar-refractivity contribution in [2.24, 2.45) is 5.92 Å². The van der Waals surface area contributed by atoms with E-state index in [2.05, 4.69) is 6.58 Å². The summed E-state index contributed by atoms with van der Waals surface area (Å²) in [6, 6.07) is 15.4. The average molecular weight is 495 g/mol. The molecule has 0 amide bonds. The van der Waals surface area contributed by atoms with Crippen molar-refractivity contribution in [1.82, 2.24) is 0 Å². The van der Waals surface area contributed by atoms with Gasteiger partial charge < -0.3 is 9.47 Å². The van der Waals surface area contributed by atoms with E-state index < -0.39 is 11.6 Å². The minimum atomic E-state index is -0.809. The van der Waals surface area contributed by atoms with Crippen molar-refractivity contribution in [3.05, 3.63) is 95.8 Å². The van der Waals surface area contributed by atoms with Gasteiger partial charge in [-0.15, -0.1) is 0 Å². The first-order chi connectivity index (χ1) is 17.5. The van der Waals surface area contributed by atoms with Gasteiger partial charge in [-0.05, 0) is 92.2 Å². The van der Waals surface area contributed by atoms with Gasteiger partial charge in [-0.25, -0.2) is 13.2 Å². The van der Waals surface area contributed by atoms with E-state index in [1.165, 1.54) is 6.07 Å². The zero-order valence-corrected chi connectivity index (χ0v) is 20.7. The van der Waals surface area contributed by atoms with Gasteiger partial charge in [0.1, 0.15) is 23.9 Å². The molecule has 0 aromatic heterocycles. The van der Waals surface area contributed by atoms with Crippen molar-refractivity contribution in [2.45, 2.75) is 51.4 Å². The Morgan fingerprint density at radius 3 is 2.25 bits per heavy atom. The lowest BCUT2D eigenvalue weighted by molar-refractivity contribution is 0.304. The van der Waals surface area contributed by atoms with E-state index in [4.69, 9.17) is 9.47 Å². The van der Waals surface area contributed by atoms with Crippen LogP contribution in [-0.4, -0.2) is 13.2 Å². The third kappa shape index (κ3) is 6.13. The minimum absolute atomic E-state index is 0.178. The van der Waals surface area contributed by atoms with Crippen LogP contribution in [0, 0.1) is 23.4 Å². The summed E-state index contributed by atoms with van der Waals surface area (Å²) in [5.74, 6) is 0.000814. The third-order valence-electron chi connectivity index (χ3n) is 7.09. The summed E-state index contributed by atoms with van der Waals surface area (Å²) in [6.45, 7) is 6.39. The SMILES string of the molecule is C=CCOc1ccc(C2CCC(CCc3ccc(-c4ccc(OCC)cc4)c(F)c3F)CC2)c(F)c1. The van der Waals surface area contributed by atoms with E-state index >= 15 is 0 Å². The van der Waals surface area contributed by atoms with E-state index in [9.17, 15) is 13.2 Å². The molecule has 0 spiro atoms. The molecule has 5 heteroatoms. The summed E-state index contributed by atoms with van der Waals surface area (Å²) in [6.07, 6.45) is 6.60. The van der Waals surface area contributed by atoms with Crippen molar-refractivity contribution < 1.29 is 22.6 Å². The standard InChI is InChI=1S/C31H33F3O2/c1-3-19-36-26-16-18-27(29(32)20-26)22-8-5-21(6-9-22)7-10-24-13-17-28(31(34)30(24)33)23-11-14-25(15-12-23)35-4-2/h3,11-18,20-22H,1,4-10,19H2,2H3. The minimum Gasteiger partial charge on any atom is -0.494 e. The van der Waals surface area contributed by atoms with Gasteiger partial charge in [0, 0.05) is 11.6 Å². The van der Waals surface area contributed by atoms with Gasteiger partial charge in [-0.3, -0.25) is 0 Å². The Balaban J connectivity index is 1.32. The van der Waals surface area contributed by atoms with E-state index in [1.807, 2.05) is 19.1 Å². The lowest BCUT2D eigenvalue weighted by Crippen LogP contribution is -2.15. The van der Waals surface area contributed by atoms with Gasteiger partial charge in [0.05, 0.1) is 6.61 Å². The summed E-state index contributed by atoms with van der Waals surface area (Å²) in [5.41, 5.74) is 2.01. The molecule has 3 aromatic carbocycles. The molecule has 0 bridgehead atoms. The Bertz CT molecular complexity index is 1170. The predicted molar refractivity (Wildman–Crippen MR) is 138 cm³/mol. The van der Waals surface area contributed by atoms with Crippen LogP contribution in [0.25, 0.3) is 11.1 Å². The maximum atomic E-state index is 14.9. The van der Waals surface area contributed by atoms with Crippen LogP contribution in [0.2, 0.25) is 0 Å². The van der Waals surface area contributed by atoms with Crippen LogP contribution in [-0.2, 0) is 6.42 Å². The predicted octanol–water partition coefficient (Wildman–Crippen LogP) is 8.64. The Morgan fingerprint density at radius 1 is 0.861 bits per heavy atom. The number of ether oxygens (including phenoxy) is 2. The molecule has 1 aliphatic carbocycles. The maximum Gasteiger partial charge on any atom is 0.166 e. The second kappa shape index (κ2) is 12.2. The Hall–Kier alpha value is -3.21. The molecule has 0 atom stereocenters. The second-order valence-electron chi connectivity index (χ2n) is 9.40. The summed E-state index contributed by atoms with van der Waals surface area (Å²) < 4.78 is 55.2. The number of rotatable bonds is 10. The molecule has 2 nitrogen and oxygen atoms in total. The molecule has 0 saturated heterocycles. The molecule has 0 unspecified atom stereocenters. The Labute approximate surface area is 211 Å². The largest absolute Gasteiger partial charge is 0.494 e. The van der Waals surface area contributed by atoms with Crippen LogP contribution in [0.1, 0.15) is 56.1 Å². The van der Waals surface area contributed by atoms with Crippen LogP contribution in [0.3, 0.4) is 0 Å². The summed E-state index contributed by atoms with van der Waals surface area (Å²) in [4.78, 5) is 0. The molecule has 4 rings (SSSR count). The van der Waals surface area contributed by atoms with Crippen LogP contribution >= 0.6 is 0 Å². The Morgan fingerprint density at radius 2 is 1.58 bits per heavy atom. The molecular formula is C31H33F3O2. The normalized spacial score (nSPS) is 17.6. The van der Waals surface area contributed by atoms with Crippen molar-refractivity contribution >= 4 is 0 Å². The highest BCUT2D eigenvalue weighted by Gasteiger charge is 2.25. The second-order valence-corrected chi connectivity index (χ2v) is 9.40. The molecule has 36 heavy (non-hydrogen) atoms. The first-order valence-corrected chi connectivity index (χ1v) is 12.7. The molecule has 3 aromatic rings. The van der Waals surface area contributed by atoms with Gasteiger partial charge in [-0.2, -0.15) is 0 Å². The summed E-state index contributed by atoms with van der Waals surface area (Å²) in [7, 11) is 0. The number of hydrogen-bond acceptors (Lipinski definition) is 2. The van der Waals surface area contributed by atoms with Crippen molar-refractivity contribution in [3.63, 3.8) is 0 Å². The van der Waals surface area contributed by atoms with Gasteiger partial charge in [0.25, 0.3) is 0 Å². The zero-order valence-electron chi connectivity index (χ0n) is 20.7. The van der Waals surface area contributed by atoms with Crippen LogP contribution in [0.15, 0.2) is 67.3 Å². The highest BCUT2D eigenvalue weighted by Crippen LogP contribution is 2.39. The molecule has 0 N–H and O–H groups in total. The Kier molecular flexibility index (Phi) is 8.74. The summed E-state index contributed by atoms with van der Waals surface area (Å²) >= 11 is 0. The lowest BCUT2D eigenvalue weighted by atomic mass is 9.76. The molecule has 190 valence electrons. The van der Waals surface area contributed by atoms with Crippen molar-refractivity contribution in [3.8, 4) is 22.6 Å². The van der Waals surface area contributed by atoms with Crippen molar-refractivity contribution in [1.29, 1.82) is 0 Å². The molecule has 1 fully saturated rings. The van der Waals surface area contributed by atoms with E-state index in [0.29, 0.717) is 48.2 Å². The molecule has 0 heterocycles. The number of benzene rings is 3. The van der Waals surface area contributed by atoms with Gasteiger partial charge in [0.15, 0.2) is 11.6 Å². The highest BCUT2D eigenvalue weighted by atomic mass is 19.2.